The van der Waals surface area contributed by atoms with E-state index in [-0.39, 0.29) is 23.8 Å². The molecular formula is C22H27N3O2S. The first kappa shape index (κ1) is 19.1. The van der Waals surface area contributed by atoms with Crippen molar-refractivity contribution >= 4 is 23.2 Å². The zero-order valence-electron chi connectivity index (χ0n) is 16.9. The lowest BCUT2D eigenvalue weighted by Crippen LogP contribution is -2.36. The Balaban J connectivity index is 1.58. The van der Waals surface area contributed by atoms with Crippen molar-refractivity contribution in [1.82, 2.24) is 14.8 Å². The minimum Gasteiger partial charge on any atom is -0.337 e. The lowest BCUT2D eigenvalue weighted by Gasteiger charge is -2.29. The molecule has 0 spiro atoms. The van der Waals surface area contributed by atoms with E-state index in [1.54, 1.807) is 6.92 Å². The van der Waals surface area contributed by atoms with Gasteiger partial charge in [-0.15, -0.1) is 11.3 Å². The maximum absolute atomic E-state index is 13.2. The van der Waals surface area contributed by atoms with Crippen LogP contribution in [0.5, 0.6) is 0 Å². The number of hydrogen-bond donors (Lipinski definition) is 0. The number of aryl methyl sites for hydroxylation is 1. The van der Waals surface area contributed by atoms with Crippen molar-refractivity contribution in [1.29, 1.82) is 0 Å². The van der Waals surface area contributed by atoms with Gasteiger partial charge >= 0.3 is 0 Å². The summed E-state index contributed by atoms with van der Waals surface area (Å²) < 4.78 is 0. The first-order chi connectivity index (χ1) is 13.4. The van der Waals surface area contributed by atoms with Crippen molar-refractivity contribution in [3.05, 3.63) is 51.5 Å². The molecule has 3 atom stereocenters. The van der Waals surface area contributed by atoms with Crippen LogP contribution in [0.1, 0.15) is 58.7 Å². The fraction of sp³-hybridized carbons (Fsp3) is 0.500. The van der Waals surface area contributed by atoms with Crippen molar-refractivity contribution < 1.29 is 9.59 Å². The number of rotatable bonds is 3. The monoisotopic (exact) mass is 397 g/mol. The van der Waals surface area contributed by atoms with Crippen LogP contribution in [-0.2, 0) is 4.79 Å². The van der Waals surface area contributed by atoms with E-state index in [2.05, 4.69) is 31.0 Å². The average molecular weight is 398 g/mol. The summed E-state index contributed by atoms with van der Waals surface area (Å²) in [6.45, 7) is 9.92. The first-order valence-electron chi connectivity index (χ1n) is 9.95. The number of fused-ring (bicyclic) bond motifs is 1. The van der Waals surface area contributed by atoms with Crippen LogP contribution in [0.3, 0.4) is 0 Å². The van der Waals surface area contributed by atoms with Crippen LogP contribution in [0.4, 0.5) is 0 Å². The van der Waals surface area contributed by atoms with E-state index in [4.69, 9.17) is 0 Å². The predicted octanol–water partition coefficient (Wildman–Crippen LogP) is 3.87. The normalized spacial score (nSPS) is 24.1. The Morgan fingerprint density at radius 2 is 1.86 bits per heavy atom. The molecule has 0 aliphatic carbocycles. The van der Waals surface area contributed by atoms with Gasteiger partial charge in [0.15, 0.2) is 0 Å². The predicted molar refractivity (Wildman–Crippen MR) is 110 cm³/mol. The van der Waals surface area contributed by atoms with Gasteiger partial charge in [0, 0.05) is 44.3 Å². The van der Waals surface area contributed by atoms with Crippen LogP contribution >= 0.6 is 11.3 Å². The Kier molecular flexibility index (Phi) is 5.00. The Labute approximate surface area is 170 Å². The molecule has 1 aromatic heterocycles. The van der Waals surface area contributed by atoms with Gasteiger partial charge in [0.25, 0.3) is 5.91 Å². The molecule has 0 N–H and O–H groups in total. The van der Waals surface area contributed by atoms with Gasteiger partial charge in [-0.1, -0.05) is 44.2 Å². The fourth-order valence-electron chi connectivity index (χ4n) is 4.62. The van der Waals surface area contributed by atoms with Crippen molar-refractivity contribution in [3.8, 4) is 0 Å². The van der Waals surface area contributed by atoms with E-state index in [0.717, 1.165) is 27.7 Å². The van der Waals surface area contributed by atoms with E-state index < -0.39 is 0 Å². The van der Waals surface area contributed by atoms with Crippen LogP contribution in [0.25, 0.3) is 0 Å². The summed E-state index contributed by atoms with van der Waals surface area (Å²) in [5.74, 6) is 1.15. The number of benzene rings is 1. The summed E-state index contributed by atoms with van der Waals surface area (Å²) in [7, 11) is 0. The highest BCUT2D eigenvalue weighted by Gasteiger charge is 2.49. The molecule has 2 aliphatic rings. The number of thiazole rings is 1. The summed E-state index contributed by atoms with van der Waals surface area (Å²) in [5, 5.41) is 1.02. The van der Waals surface area contributed by atoms with Crippen LogP contribution in [0, 0.1) is 18.8 Å². The Morgan fingerprint density at radius 3 is 2.46 bits per heavy atom. The Bertz CT molecular complexity index is 892. The molecule has 1 aromatic carbocycles. The molecule has 148 valence electrons. The number of nitrogens with zero attached hydrogens (tertiary/aromatic N) is 3. The highest BCUT2D eigenvalue weighted by molar-refractivity contribution is 7.13. The summed E-state index contributed by atoms with van der Waals surface area (Å²) in [4.78, 5) is 34.8. The first-order valence-corrected chi connectivity index (χ1v) is 10.8. The largest absolute Gasteiger partial charge is 0.337 e. The van der Waals surface area contributed by atoms with E-state index in [0.29, 0.717) is 24.9 Å². The fourth-order valence-corrected chi connectivity index (χ4v) is 5.66. The number of carbonyl (C=O) groups excluding carboxylic acids is 2. The van der Waals surface area contributed by atoms with Crippen LogP contribution in [0.15, 0.2) is 30.3 Å². The molecule has 3 heterocycles. The number of hydrogen-bond acceptors (Lipinski definition) is 4. The van der Waals surface area contributed by atoms with Crippen LogP contribution in [-0.4, -0.2) is 46.2 Å². The minimum atomic E-state index is 0.0512. The standard InChI is InChI=1S/C22H27N3O2S/c1-13(2)21-23-14(3)20(28-21)22(27)24-10-17-11-25(15(4)26)19(18(17)12-24)16-8-6-5-7-9-16/h5-9,13,17-19H,10-12H2,1-4H3/t17-,18-,19-/m1/s1. The third-order valence-electron chi connectivity index (χ3n) is 6.00. The van der Waals surface area contributed by atoms with Crippen molar-refractivity contribution in [3.63, 3.8) is 0 Å². The van der Waals surface area contributed by atoms with Gasteiger partial charge in [-0.05, 0) is 12.5 Å². The van der Waals surface area contributed by atoms with E-state index >= 15 is 0 Å². The molecule has 6 heteroatoms. The molecule has 4 rings (SSSR count). The molecule has 2 fully saturated rings. The molecule has 0 unspecified atom stereocenters. The van der Waals surface area contributed by atoms with Gasteiger partial charge in [-0.2, -0.15) is 0 Å². The molecule has 0 saturated carbocycles. The van der Waals surface area contributed by atoms with Gasteiger partial charge in [0.1, 0.15) is 4.88 Å². The summed E-state index contributed by atoms with van der Waals surface area (Å²) in [6.07, 6.45) is 0. The number of amides is 2. The second-order valence-corrected chi connectivity index (χ2v) is 9.31. The summed E-state index contributed by atoms with van der Waals surface area (Å²) in [5.41, 5.74) is 2.00. The van der Waals surface area contributed by atoms with Gasteiger partial charge in [-0.3, -0.25) is 9.59 Å². The van der Waals surface area contributed by atoms with E-state index in [1.165, 1.54) is 11.3 Å². The lowest BCUT2D eigenvalue weighted by atomic mass is 9.89. The van der Waals surface area contributed by atoms with E-state index in [9.17, 15) is 9.59 Å². The van der Waals surface area contributed by atoms with Crippen LogP contribution < -0.4 is 0 Å². The van der Waals surface area contributed by atoms with Gasteiger partial charge in [-0.25, -0.2) is 4.98 Å². The third kappa shape index (κ3) is 3.24. The molecule has 5 nitrogen and oxygen atoms in total. The Hall–Kier alpha value is -2.21. The zero-order valence-corrected chi connectivity index (χ0v) is 17.7. The second kappa shape index (κ2) is 7.32. The molecular weight excluding hydrogens is 370 g/mol. The molecule has 2 amide bonds. The maximum Gasteiger partial charge on any atom is 0.265 e. The highest BCUT2D eigenvalue weighted by Crippen LogP contribution is 2.45. The smallest absolute Gasteiger partial charge is 0.265 e. The molecule has 2 aromatic rings. The van der Waals surface area contributed by atoms with Gasteiger partial charge in [0.2, 0.25) is 5.91 Å². The van der Waals surface area contributed by atoms with Crippen molar-refractivity contribution in [2.75, 3.05) is 19.6 Å². The maximum atomic E-state index is 13.2. The summed E-state index contributed by atoms with van der Waals surface area (Å²) in [6, 6.07) is 10.3. The number of aromatic nitrogens is 1. The number of likely N-dealkylation sites (tertiary alicyclic amines) is 2. The topological polar surface area (TPSA) is 53.5 Å². The highest BCUT2D eigenvalue weighted by atomic mass is 32.1. The molecule has 0 radical (unpaired) electrons. The van der Waals surface area contributed by atoms with Gasteiger partial charge < -0.3 is 9.80 Å². The Morgan fingerprint density at radius 1 is 1.14 bits per heavy atom. The molecule has 2 saturated heterocycles. The molecule has 0 bridgehead atoms. The second-order valence-electron chi connectivity index (χ2n) is 8.28. The summed E-state index contributed by atoms with van der Waals surface area (Å²) >= 11 is 1.53. The number of carbonyl (C=O) groups is 2. The van der Waals surface area contributed by atoms with Gasteiger partial charge in [0.05, 0.1) is 16.7 Å². The van der Waals surface area contributed by atoms with Crippen molar-refractivity contribution in [2.24, 2.45) is 11.8 Å². The molecule has 28 heavy (non-hydrogen) atoms. The quantitative estimate of drug-likeness (QED) is 0.790. The van der Waals surface area contributed by atoms with Crippen LogP contribution in [0.2, 0.25) is 0 Å². The minimum absolute atomic E-state index is 0.0512. The average Bonchev–Trinajstić information content (AvgIpc) is 3.33. The lowest BCUT2D eigenvalue weighted by molar-refractivity contribution is -0.130. The SMILES string of the molecule is CC(=O)N1C[C@H]2CN(C(=O)c3sc(C(C)C)nc3C)C[C@H]2[C@H]1c1ccccc1. The van der Waals surface area contributed by atoms with Crippen molar-refractivity contribution in [2.45, 2.75) is 39.7 Å². The third-order valence-corrected chi connectivity index (χ3v) is 7.44. The zero-order chi connectivity index (χ0) is 20.0. The molecule has 2 aliphatic heterocycles. The van der Waals surface area contributed by atoms with E-state index in [1.807, 2.05) is 34.9 Å².